The van der Waals surface area contributed by atoms with Gasteiger partial charge in [-0.15, -0.1) is 15.8 Å². The maximum atomic E-state index is 13.1. The largest absolute Gasteiger partial charge is 0.416 e. The van der Waals surface area contributed by atoms with E-state index in [4.69, 9.17) is 4.74 Å². The van der Waals surface area contributed by atoms with E-state index < -0.39 is 23.1 Å². The Bertz CT molecular complexity index is 746. The summed E-state index contributed by atoms with van der Waals surface area (Å²) in [5.41, 5.74) is 0.320. The zero-order chi connectivity index (χ0) is 21.2. The van der Waals surface area contributed by atoms with E-state index in [0.29, 0.717) is 24.1 Å². The maximum Gasteiger partial charge on any atom is 0.416 e. The average molecular weight is 528 g/mol. The van der Waals surface area contributed by atoms with Crippen molar-refractivity contribution in [2.24, 2.45) is 0 Å². The van der Waals surface area contributed by atoms with Gasteiger partial charge in [0.25, 0.3) is 0 Å². The molecule has 9 heteroatoms. The lowest BCUT2D eigenvalue weighted by atomic mass is 10.0. The number of aryl methyl sites for hydroxylation is 1. The van der Waals surface area contributed by atoms with Crippen LogP contribution in [0.5, 0.6) is 0 Å². The van der Waals surface area contributed by atoms with Crippen LogP contribution in [-0.4, -0.2) is 27.9 Å². The molecule has 1 fully saturated rings. The van der Waals surface area contributed by atoms with Gasteiger partial charge in [-0.25, -0.2) is 0 Å². The molecule has 2 rings (SSSR count). The topological polar surface area (TPSA) is 50.4 Å². The highest BCUT2D eigenvalue weighted by Gasteiger charge is 2.37. The molecular weight excluding hydrogens is 503 g/mol. The summed E-state index contributed by atoms with van der Waals surface area (Å²) in [5.74, 6) is 0.0222. The first-order chi connectivity index (χ1) is 12.9. The summed E-state index contributed by atoms with van der Waals surface area (Å²) in [6.07, 6.45) is -2.03. The van der Waals surface area contributed by atoms with Crippen molar-refractivity contribution in [3.8, 4) is 0 Å². The Morgan fingerprint density at radius 2 is 2.14 bits per heavy atom. The van der Waals surface area contributed by atoms with Crippen LogP contribution in [0.25, 0.3) is 0 Å². The summed E-state index contributed by atoms with van der Waals surface area (Å²) in [4.78, 5) is 11.5. The van der Waals surface area contributed by atoms with Crippen molar-refractivity contribution in [3.05, 3.63) is 47.5 Å². The summed E-state index contributed by atoms with van der Waals surface area (Å²) < 4.78 is 44.7. The minimum absolute atomic E-state index is 0.0222. The molecule has 4 nitrogen and oxygen atoms in total. The molecule has 28 heavy (non-hydrogen) atoms. The first kappa shape index (κ1) is 23.6. The van der Waals surface area contributed by atoms with Gasteiger partial charge in [0, 0.05) is 13.0 Å². The lowest BCUT2D eigenvalue weighted by Gasteiger charge is -2.33. The number of ether oxygens (including phenoxy) is 1. The summed E-state index contributed by atoms with van der Waals surface area (Å²) >= 11 is 2.22. The minimum Gasteiger partial charge on any atom is -0.371 e. The van der Waals surface area contributed by atoms with E-state index in [0.717, 1.165) is 18.6 Å². The first-order valence-electron chi connectivity index (χ1n) is 8.84. The van der Waals surface area contributed by atoms with E-state index in [1.807, 2.05) is 0 Å². The monoisotopic (exact) mass is 528 g/mol. The lowest BCUT2D eigenvalue weighted by molar-refractivity contribution is -0.137. The van der Waals surface area contributed by atoms with Crippen LogP contribution >= 0.6 is 31.8 Å². The van der Waals surface area contributed by atoms with Gasteiger partial charge in [-0.2, -0.15) is 13.2 Å². The fourth-order valence-electron chi connectivity index (χ4n) is 2.88. The average Bonchev–Trinajstić information content (AvgIpc) is 2.96. The molecule has 1 amide bonds. The van der Waals surface area contributed by atoms with E-state index >= 15 is 0 Å². The quantitative estimate of drug-likeness (QED) is 0.172. The van der Waals surface area contributed by atoms with Crippen LogP contribution in [0.4, 0.5) is 13.2 Å². The summed E-state index contributed by atoms with van der Waals surface area (Å²) in [6, 6.07) is 3.94. The summed E-state index contributed by atoms with van der Waals surface area (Å²) in [5, 5.41) is 5.59. The third kappa shape index (κ3) is 6.40. The SMILES string of the molecule is C=C[C@](P)(CO[C@H](C)c1cc(C)cc(C(F)(F)F)c1)NC[C@]1(I)CCC(=O)N1. The van der Waals surface area contributed by atoms with Crippen molar-refractivity contribution in [2.75, 3.05) is 13.2 Å². The van der Waals surface area contributed by atoms with Crippen LogP contribution in [0.2, 0.25) is 0 Å². The highest BCUT2D eigenvalue weighted by atomic mass is 127. The number of rotatable bonds is 8. The van der Waals surface area contributed by atoms with Gasteiger partial charge in [-0.3, -0.25) is 10.1 Å². The number of amides is 1. The molecule has 1 unspecified atom stereocenters. The Morgan fingerprint density at radius 1 is 1.46 bits per heavy atom. The molecule has 0 bridgehead atoms. The van der Waals surface area contributed by atoms with E-state index in [9.17, 15) is 18.0 Å². The van der Waals surface area contributed by atoms with Gasteiger partial charge in [0.05, 0.1) is 23.6 Å². The maximum absolute atomic E-state index is 13.1. The van der Waals surface area contributed by atoms with Gasteiger partial charge in [0.2, 0.25) is 5.91 Å². The van der Waals surface area contributed by atoms with Gasteiger partial charge in [-0.1, -0.05) is 40.3 Å². The fourth-order valence-corrected chi connectivity index (χ4v) is 3.84. The second kappa shape index (κ2) is 8.98. The molecule has 0 saturated carbocycles. The molecule has 1 aliphatic rings. The Balaban J connectivity index is 2.01. The standard InChI is InChI=1S/C19H25F3IN2O2P/c1-4-18(28,24-10-17(23)6-5-16(26)25-17)11-27-13(3)14-7-12(2)8-15(9-14)19(20,21)22/h4,7-9,13,24H,1,5-6,10-11,28H2,2-3H3,(H,25,26)/t13-,17+,18+/m1/s1. The molecule has 0 spiro atoms. The number of alkyl halides is 4. The van der Waals surface area contributed by atoms with Crippen LogP contribution in [0, 0.1) is 6.92 Å². The van der Waals surface area contributed by atoms with Crippen molar-refractivity contribution in [2.45, 2.75) is 47.8 Å². The second-order valence-corrected chi connectivity index (χ2v) is 10.3. The summed E-state index contributed by atoms with van der Waals surface area (Å²) in [7, 11) is 2.63. The van der Waals surface area contributed by atoms with Crippen molar-refractivity contribution >= 4 is 37.7 Å². The number of nitrogens with one attached hydrogen (secondary N) is 2. The molecule has 1 heterocycles. The molecule has 4 atom stereocenters. The zero-order valence-electron chi connectivity index (χ0n) is 15.8. The Kier molecular flexibility index (Phi) is 7.56. The van der Waals surface area contributed by atoms with Crippen molar-refractivity contribution in [1.82, 2.24) is 10.6 Å². The van der Waals surface area contributed by atoms with E-state index in [1.165, 1.54) is 0 Å². The van der Waals surface area contributed by atoms with Crippen LogP contribution < -0.4 is 10.6 Å². The van der Waals surface area contributed by atoms with E-state index in [-0.39, 0.29) is 16.1 Å². The third-order valence-corrected chi connectivity index (χ3v) is 6.44. The van der Waals surface area contributed by atoms with Crippen LogP contribution in [0.1, 0.15) is 42.6 Å². The number of halogens is 4. The summed E-state index contributed by atoms with van der Waals surface area (Å²) in [6.45, 7) is 7.88. The molecule has 2 N–H and O–H groups in total. The minimum atomic E-state index is -4.39. The van der Waals surface area contributed by atoms with E-state index in [1.54, 1.807) is 26.0 Å². The molecule has 1 aliphatic heterocycles. The Morgan fingerprint density at radius 3 is 2.68 bits per heavy atom. The fraction of sp³-hybridized carbons (Fsp3) is 0.526. The Hall–Kier alpha value is -0.700. The molecule has 1 aromatic carbocycles. The van der Waals surface area contributed by atoms with Crippen LogP contribution in [0.15, 0.2) is 30.9 Å². The van der Waals surface area contributed by atoms with Gasteiger partial charge in [-0.05, 0) is 38.0 Å². The molecule has 0 aliphatic carbocycles. The predicted molar refractivity (Wildman–Crippen MR) is 115 cm³/mol. The highest BCUT2D eigenvalue weighted by molar-refractivity contribution is 14.1. The number of benzene rings is 1. The smallest absolute Gasteiger partial charge is 0.371 e. The first-order valence-corrected chi connectivity index (χ1v) is 10.5. The molecule has 1 saturated heterocycles. The van der Waals surface area contributed by atoms with Crippen LogP contribution in [0.3, 0.4) is 0 Å². The molecule has 0 radical (unpaired) electrons. The number of hydrogen-bond acceptors (Lipinski definition) is 3. The van der Waals surface area contributed by atoms with Crippen molar-refractivity contribution in [1.29, 1.82) is 0 Å². The highest BCUT2D eigenvalue weighted by Crippen LogP contribution is 2.33. The van der Waals surface area contributed by atoms with Crippen molar-refractivity contribution < 1.29 is 22.7 Å². The number of carbonyl (C=O) groups is 1. The normalized spacial score (nSPS) is 23.2. The number of carbonyl (C=O) groups excluding carboxylic acids is 1. The van der Waals surface area contributed by atoms with Gasteiger partial charge in [0.1, 0.15) is 3.55 Å². The lowest BCUT2D eigenvalue weighted by Crippen LogP contribution is -2.51. The van der Waals surface area contributed by atoms with Crippen molar-refractivity contribution in [3.63, 3.8) is 0 Å². The predicted octanol–water partition coefficient (Wildman–Crippen LogP) is 4.48. The molecular formula is C19H25F3IN2O2P. The molecule has 1 aromatic rings. The molecule has 0 aromatic heterocycles. The molecule has 156 valence electrons. The number of hydrogen-bond donors (Lipinski definition) is 2. The van der Waals surface area contributed by atoms with Gasteiger partial charge in [0.15, 0.2) is 0 Å². The Labute approximate surface area is 179 Å². The second-order valence-electron chi connectivity index (χ2n) is 7.19. The third-order valence-electron chi connectivity index (χ3n) is 4.64. The van der Waals surface area contributed by atoms with Gasteiger partial charge >= 0.3 is 6.18 Å². The zero-order valence-corrected chi connectivity index (χ0v) is 19.1. The van der Waals surface area contributed by atoms with Gasteiger partial charge < -0.3 is 10.1 Å². The van der Waals surface area contributed by atoms with Crippen LogP contribution in [-0.2, 0) is 15.7 Å². The van der Waals surface area contributed by atoms with E-state index in [2.05, 4.69) is 49.0 Å².